The Morgan fingerprint density at radius 3 is 2.65 bits per heavy atom. The monoisotopic (exact) mass is 442 g/mol. The topological polar surface area (TPSA) is 78.3 Å². The van der Waals surface area contributed by atoms with Gasteiger partial charge in [-0.2, -0.15) is 0 Å². The van der Waals surface area contributed by atoms with Gasteiger partial charge in [0.15, 0.2) is 0 Å². The van der Waals surface area contributed by atoms with Gasteiger partial charge in [0.1, 0.15) is 5.01 Å². The van der Waals surface area contributed by atoms with Crippen LogP contribution in [0.5, 0.6) is 0 Å². The average molecular weight is 443 g/mol. The Kier molecular flexibility index (Phi) is 8.34. The van der Waals surface area contributed by atoms with Crippen LogP contribution in [0.1, 0.15) is 34.6 Å². The number of aryl methyl sites for hydroxylation is 1. The number of nitrogens with one attached hydrogen (secondary N) is 1. The van der Waals surface area contributed by atoms with Gasteiger partial charge in [0, 0.05) is 69.1 Å². The number of rotatable bonds is 11. The molecular weight excluding hydrogens is 412 g/mol. The molecule has 0 bridgehead atoms. The minimum Gasteiger partial charge on any atom is -0.385 e. The maximum atomic E-state index is 12.8. The van der Waals surface area contributed by atoms with Crippen molar-refractivity contribution < 1.29 is 14.3 Å². The quantitative estimate of drug-likeness (QED) is 0.453. The van der Waals surface area contributed by atoms with E-state index < -0.39 is 0 Å². The number of amides is 1. The number of pyridine rings is 1. The molecule has 31 heavy (non-hydrogen) atoms. The lowest BCUT2D eigenvalue weighted by molar-refractivity contribution is 0.0948. The summed E-state index contributed by atoms with van der Waals surface area (Å²) in [7, 11) is 3.36. The summed E-state index contributed by atoms with van der Waals surface area (Å²) in [5.41, 5.74) is 5.38. The Labute approximate surface area is 187 Å². The summed E-state index contributed by atoms with van der Waals surface area (Å²) in [6.07, 6.45) is 3.48. The minimum absolute atomic E-state index is 0.0708. The van der Waals surface area contributed by atoms with Crippen LogP contribution in [0.3, 0.4) is 0 Å². The van der Waals surface area contributed by atoms with Crippen molar-refractivity contribution in [3.8, 4) is 22.0 Å². The van der Waals surface area contributed by atoms with E-state index in [1.165, 1.54) is 0 Å². The van der Waals surface area contributed by atoms with Crippen LogP contribution in [0.15, 0.2) is 29.8 Å². The predicted molar refractivity (Wildman–Crippen MR) is 124 cm³/mol. The first kappa shape index (κ1) is 23.1. The standard InChI is InChI=1S/C23H30N4O3S/c1-16-7-8-18(14-25-16)23-26-20(15-31-23)21-13-19(22(28)24-9-5-11-29-3)17(2)27(21)10-6-12-30-4/h7-8,13-15H,5-6,9-12H2,1-4H3,(H,24,28). The van der Waals surface area contributed by atoms with E-state index in [4.69, 9.17) is 14.5 Å². The average Bonchev–Trinajstić information content (AvgIpc) is 3.37. The van der Waals surface area contributed by atoms with E-state index in [2.05, 4.69) is 14.9 Å². The highest BCUT2D eigenvalue weighted by Gasteiger charge is 2.20. The molecule has 0 saturated heterocycles. The summed E-state index contributed by atoms with van der Waals surface area (Å²) < 4.78 is 12.4. The molecule has 0 fully saturated rings. The van der Waals surface area contributed by atoms with Gasteiger partial charge in [0.2, 0.25) is 0 Å². The molecule has 3 rings (SSSR count). The maximum Gasteiger partial charge on any atom is 0.253 e. The van der Waals surface area contributed by atoms with Crippen molar-refractivity contribution in [1.82, 2.24) is 19.9 Å². The number of thiazole rings is 1. The predicted octanol–water partition coefficient (Wildman–Crippen LogP) is 4.09. The third-order valence-corrected chi connectivity index (χ3v) is 5.97. The first-order valence-corrected chi connectivity index (χ1v) is 11.3. The van der Waals surface area contributed by atoms with Crippen molar-refractivity contribution in [2.24, 2.45) is 0 Å². The van der Waals surface area contributed by atoms with Gasteiger partial charge in [0.05, 0.1) is 17.0 Å². The van der Waals surface area contributed by atoms with Crippen LogP contribution in [0.4, 0.5) is 0 Å². The fourth-order valence-electron chi connectivity index (χ4n) is 3.37. The molecule has 1 N–H and O–H groups in total. The fourth-order valence-corrected chi connectivity index (χ4v) is 4.18. The van der Waals surface area contributed by atoms with Gasteiger partial charge in [-0.15, -0.1) is 11.3 Å². The molecule has 3 aromatic heterocycles. The van der Waals surface area contributed by atoms with E-state index in [-0.39, 0.29) is 5.91 Å². The lowest BCUT2D eigenvalue weighted by atomic mass is 10.2. The number of carbonyl (C=O) groups excluding carboxylic acids is 1. The van der Waals surface area contributed by atoms with E-state index >= 15 is 0 Å². The third kappa shape index (κ3) is 5.78. The number of methoxy groups -OCH3 is 2. The van der Waals surface area contributed by atoms with Crippen molar-refractivity contribution >= 4 is 17.2 Å². The van der Waals surface area contributed by atoms with Crippen molar-refractivity contribution in [3.05, 3.63) is 46.7 Å². The highest BCUT2D eigenvalue weighted by molar-refractivity contribution is 7.13. The first-order chi connectivity index (χ1) is 15.0. The minimum atomic E-state index is -0.0708. The first-order valence-electron chi connectivity index (χ1n) is 10.4. The second-order valence-corrected chi connectivity index (χ2v) is 8.21. The number of carbonyl (C=O) groups is 1. The van der Waals surface area contributed by atoms with Crippen LogP contribution < -0.4 is 5.32 Å². The molecule has 3 heterocycles. The van der Waals surface area contributed by atoms with Crippen LogP contribution in [-0.2, 0) is 16.0 Å². The molecule has 166 valence electrons. The second kappa shape index (κ2) is 11.2. The van der Waals surface area contributed by atoms with E-state index in [1.54, 1.807) is 25.6 Å². The molecule has 0 aliphatic heterocycles. The highest BCUT2D eigenvalue weighted by atomic mass is 32.1. The number of ether oxygens (including phenoxy) is 2. The van der Waals surface area contributed by atoms with Crippen LogP contribution in [0.25, 0.3) is 22.0 Å². The summed E-state index contributed by atoms with van der Waals surface area (Å²) in [5.74, 6) is -0.0708. The molecule has 0 radical (unpaired) electrons. The molecule has 0 unspecified atom stereocenters. The largest absolute Gasteiger partial charge is 0.385 e. The lowest BCUT2D eigenvalue weighted by Gasteiger charge is -2.11. The van der Waals surface area contributed by atoms with Gasteiger partial charge >= 0.3 is 0 Å². The van der Waals surface area contributed by atoms with Crippen LogP contribution >= 0.6 is 11.3 Å². The summed E-state index contributed by atoms with van der Waals surface area (Å²) in [6.45, 7) is 6.57. The van der Waals surface area contributed by atoms with Crippen molar-refractivity contribution in [2.75, 3.05) is 34.0 Å². The van der Waals surface area contributed by atoms with Crippen LogP contribution in [-0.4, -0.2) is 54.4 Å². The molecule has 0 aromatic carbocycles. The Bertz CT molecular complexity index is 995. The van der Waals surface area contributed by atoms with Gasteiger partial charge in [-0.1, -0.05) is 0 Å². The Morgan fingerprint density at radius 2 is 1.94 bits per heavy atom. The Balaban J connectivity index is 1.89. The molecule has 0 aliphatic rings. The van der Waals surface area contributed by atoms with E-state index in [9.17, 15) is 4.79 Å². The van der Waals surface area contributed by atoms with Crippen molar-refractivity contribution in [1.29, 1.82) is 0 Å². The molecule has 1 amide bonds. The van der Waals surface area contributed by atoms with Crippen molar-refractivity contribution in [3.63, 3.8) is 0 Å². The number of nitrogens with zero attached hydrogens (tertiary/aromatic N) is 3. The van der Waals surface area contributed by atoms with Crippen LogP contribution in [0, 0.1) is 13.8 Å². The molecule has 8 heteroatoms. The summed E-state index contributed by atoms with van der Waals surface area (Å²) >= 11 is 1.58. The smallest absolute Gasteiger partial charge is 0.253 e. The SMILES string of the molecule is COCCCNC(=O)c1cc(-c2csc(-c3ccc(C)nc3)n2)n(CCCOC)c1C. The molecule has 0 atom stereocenters. The van der Waals surface area contributed by atoms with Crippen LogP contribution in [0.2, 0.25) is 0 Å². The molecule has 3 aromatic rings. The van der Waals surface area contributed by atoms with Gasteiger partial charge < -0.3 is 19.4 Å². The molecule has 7 nitrogen and oxygen atoms in total. The lowest BCUT2D eigenvalue weighted by Crippen LogP contribution is -2.25. The molecule has 0 saturated carbocycles. The number of hydrogen-bond acceptors (Lipinski definition) is 6. The summed E-state index contributed by atoms with van der Waals surface area (Å²) in [6, 6.07) is 5.97. The summed E-state index contributed by atoms with van der Waals surface area (Å²) in [4.78, 5) is 22.0. The van der Waals surface area contributed by atoms with E-state index in [1.807, 2.05) is 43.6 Å². The van der Waals surface area contributed by atoms with E-state index in [0.717, 1.165) is 52.7 Å². The highest BCUT2D eigenvalue weighted by Crippen LogP contribution is 2.31. The van der Waals surface area contributed by atoms with Gasteiger partial charge in [-0.05, 0) is 44.9 Å². The zero-order valence-electron chi connectivity index (χ0n) is 18.6. The Hall–Kier alpha value is -2.55. The maximum absolute atomic E-state index is 12.8. The third-order valence-electron chi connectivity index (χ3n) is 5.08. The summed E-state index contributed by atoms with van der Waals surface area (Å²) in [5, 5.41) is 5.94. The van der Waals surface area contributed by atoms with E-state index in [0.29, 0.717) is 25.3 Å². The Morgan fingerprint density at radius 1 is 1.16 bits per heavy atom. The number of hydrogen-bond donors (Lipinski definition) is 1. The normalized spacial score (nSPS) is 11.1. The van der Waals surface area contributed by atoms with Gasteiger partial charge in [-0.3, -0.25) is 9.78 Å². The zero-order valence-corrected chi connectivity index (χ0v) is 19.4. The zero-order chi connectivity index (χ0) is 22.2. The second-order valence-electron chi connectivity index (χ2n) is 7.36. The van der Waals surface area contributed by atoms with Crippen molar-refractivity contribution in [2.45, 2.75) is 33.2 Å². The van der Waals surface area contributed by atoms with Gasteiger partial charge in [0.25, 0.3) is 5.91 Å². The fraction of sp³-hybridized carbons (Fsp3) is 0.435. The number of aromatic nitrogens is 3. The molecule has 0 spiro atoms. The molecule has 0 aliphatic carbocycles. The molecular formula is C23H30N4O3S. The van der Waals surface area contributed by atoms with Gasteiger partial charge in [-0.25, -0.2) is 4.98 Å².